The predicted octanol–water partition coefficient (Wildman–Crippen LogP) is 3.56. The van der Waals surface area contributed by atoms with E-state index in [4.69, 9.17) is 17.0 Å². The van der Waals surface area contributed by atoms with Crippen molar-refractivity contribution in [3.8, 4) is 0 Å². The summed E-state index contributed by atoms with van der Waals surface area (Å²) in [6, 6.07) is 7.24. The molecule has 2 aliphatic rings. The molecule has 150 valence electrons. The molecule has 2 fully saturated rings. The first-order chi connectivity index (χ1) is 13.2. The van der Waals surface area contributed by atoms with Crippen LogP contribution in [-0.2, 0) is 11.3 Å². The van der Waals surface area contributed by atoms with Crippen molar-refractivity contribution in [1.29, 1.82) is 0 Å². The molecule has 4 nitrogen and oxygen atoms in total. The Morgan fingerprint density at radius 3 is 2.44 bits per heavy atom. The van der Waals surface area contributed by atoms with Crippen molar-refractivity contribution in [3.05, 3.63) is 35.6 Å². The minimum absolute atomic E-state index is 0.197. The number of nitrogens with one attached hydrogen (secondary N) is 1. The first-order valence-corrected chi connectivity index (χ1v) is 10.7. The standard InChI is InChI=1S/C21H32FN3OS/c22-19-9-7-18(8-10-19)17-25(12-11-24-13-15-26-16-14-24)21(27)23-20-5-3-1-2-4-6-20/h7-10,20H,1-6,11-17H2,(H,23,27). The first-order valence-electron chi connectivity index (χ1n) is 10.3. The number of nitrogens with zero attached hydrogens (tertiary/aromatic N) is 2. The molecule has 0 radical (unpaired) electrons. The molecule has 1 aliphatic heterocycles. The highest BCUT2D eigenvalue weighted by Gasteiger charge is 2.18. The minimum Gasteiger partial charge on any atom is -0.379 e. The molecule has 1 N–H and O–H groups in total. The summed E-state index contributed by atoms with van der Waals surface area (Å²) in [5.41, 5.74) is 1.09. The second-order valence-corrected chi connectivity index (χ2v) is 8.03. The van der Waals surface area contributed by atoms with Gasteiger partial charge in [-0.2, -0.15) is 0 Å². The second-order valence-electron chi connectivity index (χ2n) is 7.64. The van der Waals surface area contributed by atoms with E-state index in [-0.39, 0.29) is 5.82 Å². The van der Waals surface area contributed by atoms with E-state index in [1.807, 2.05) is 12.1 Å². The Labute approximate surface area is 168 Å². The van der Waals surface area contributed by atoms with E-state index in [9.17, 15) is 4.39 Å². The van der Waals surface area contributed by atoms with E-state index in [1.54, 1.807) is 0 Å². The van der Waals surface area contributed by atoms with Crippen molar-refractivity contribution in [2.75, 3.05) is 39.4 Å². The van der Waals surface area contributed by atoms with Crippen LogP contribution in [-0.4, -0.2) is 60.3 Å². The smallest absolute Gasteiger partial charge is 0.169 e. The number of thiocarbonyl (C=S) groups is 1. The number of hydrogen-bond donors (Lipinski definition) is 1. The molecule has 6 heteroatoms. The Hall–Kier alpha value is -1.24. The zero-order chi connectivity index (χ0) is 18.9. The monoisotopic (exact) mass is 393 g/mol. The molecule has 1 saturated heterocycles. The summed E-state index contributed by atoms with van der Waals surface area (Å²) in [5, 5.41) is 4.45. The molecule has 0 atom stereocenters. The fourth-order valence-corrected chi connectivity index (χ4v) is 4.16. The predicted molar refractivity (Wildman–Crippen MR) is 111 cm³/mol. The molecule has 3 rings (SSSR count). The van der Waals surface area contributed by atoms with E-state index >= 15 is 0 Å². The highest BCUT2D eigenvalue weighted by atomic mass is 32.1. The SMILES string of the molecule is Fc1ccc(CN(CCN2CCOCC2)C(=S)NC2CCCCCC2)cc1. The molecule has 0 amide bonds. The summed E-state index contributed by atoms with van der Waals surface area (Å²) >= 11 is 5.79. The van der Waals surface area contributed by atoms with Crippen LogP contribution in [0.1, 0.15) is 44.1 Å². The average Bonchev–Trinajstić information content (AvgIpc) is 2.96. The molecule has 0 aromatic heterocycles. The number of benzene rings is 1. The Morgan fingerprint density at radius 1 is 1.11 bits per heavy atom. The summed E-state index contributed by atoms with van der Waals surface area (Å²) in [6.45, 7) is 6.13. The van der Waals surface area contributed by atoms with Gasteiger partial charge < -0.3 is 15.0 Å². The summed E-state index contributed by atoms with van der Waals surface area (Å²) in [7, 11) is 0. The second kappa shape index (κ2) is 10.9. The zero-order valence-electron chi connectivity index (χ0n) is 16.2. The summed E-state index contributed by atoms with van der Waals surface area (Å²) < 4.78 is 18.7. The van der Waals surface area contributed by atoms with Gasteiger partial charge in [-0.3, -0.25) is 4.90 Å². The molecule has 0 spiro atoms. The minimum atomic E-state index is -0.197. The number of hydrogen-bond acceptors (Lipinski definition) is 3. The van der Waals surface area contributed by atoms with Gasteiger partial charge in [0.05, 0.1) is 13.2 Å². The maximum atomic E-state index is 13.3. The van der Waals surface area contributed by atoms with Crippen LogP contribution in [0.2, 0.25) is 0 Å². The lowest BCUT2D eigenvalue weighted by molar-refractivity contribution is 0.0357. The van der Waals surface area contributed by atoms with Crippen molar-refractivity contribution in [2.24, 2.45) is 0 Å². The average molecular weight is 394 g/mol. The van der Waals surface area contributed by atoms with Crippen LogP contribution < -0.4 is 5.32 Å². The zero-order valence-corrected chi connectivity index (χ0v) is 17.0. The third kappa shape index (κ3) is 7.01. The topological polar surface area (TPSA) is 27.7 Å². The van der Waals surface area contributed by atoms with Crippen molar-refractivity contribution in [2.45, 2.75) is 51.1 Å². The molecule has 1 saturated carbocycles. The number of ether oxygens (including phenoxy) is 1. The quantitative estimate of drug-likeness (QED) is 0.589. The molecule has 1 aliphatic carbocycles. The summed E-state index contributed by atoms with van der Waals surface area (Å²) in [5.74, 6) is -0.197. The molecular formula is C21H32FN3OS. The van der Waals surface area contributed by atoms with Crippen LogP contribution in [0.25, 0.3) is 0 Å². The van der Waals surface area contributed by atoms with Gasteiger partial charge in [0, 0.05) is 38.8 Å². The molecule has 0 bridgehead atoms. The lowest BCUT2D eigenvalue weighted by Gasteiger charge is -2.33. The Morgan fingerprint density at radius 2 is 1.78 bits per heavy atom. The Bertz CT molecular complexity index is 569. The van der Waals surface area contributed by atoms with Crippen molar-refractivity contribution < 1.29 is 9.13 Å². The van der Waals surface area contributed by atoms with E-state index in [0.717, 1.165) is 50.1 Å². The van der Waals surface area contributed by atoms with Crippen LogP contribution in [0.3, 0.4) is 0 Å². The van der Waals surface area contributed by atoms with E-state index in [2.05, 4.69) is 15.1 Å². The van der Waals surface area contributed by atoms with Crippen LogP contribution in [0.15, 0.2) is 24.3 Å². The fraction of sp³-hybridized carbons (Fsp3) is 0.667. The van der Waals surface area contributed by atoms with Crippen LogP contribution >= 0.6 is 12.2 Å². The number of halogens is 1. The molecule has 1 heterocycles. The maximum absolute atomic E-state index is 13.3. The highest BCUT2D eigenvalue weighted by Crippen LogP contribution is 2.18. The molecule has 0 unspecified atom stereocenters. The van der Waals surface area contributed by atoms with Gasteiger partial charge >= 0.3 is 0 Å². The van der Waals surface area contributed by atoms with Crippen LogP contribution in [0.4, 0.5) is 4.39 Å². The van der Waals surface area contributed by atoms with Crippen molar-refractivity contribution in [3.63, 3.8) is 0 Å². The van der Waals surface area contributed by atoms with Gasteiger partial charge in [0.2, 0.25) is 0 Å². The third-order valence-corrected chi connectivity index (χ3v) is 5.92. The first kappa shape index (κ1) is 20.5. The van der Waals surface area contributed by atoms with Crippen LogP contribution in [0, 0.1) is 5.82 Å². The van der Waals surface area contributed by atoms with Crippen molar-refractivity contribution >= 4 is 17.3 Å². The van der Waals surface area contributed by atoms with Gasteiger partial charge in [0.25, 0.3) is 0 Å². The summed E-state index contributed by atoms with van der Waals surface area (Å²) in [6.07, 6.45) is 7.64. The Balaban J connectivity index is 1.59. The van der Waals surface area contributed by atoms with Crippen LogP contribution in [0.5, 0.6) is 0 Å². The van der Waals surface area contributed by atoms with Crippen molar-refractivity contribution in [1.82, 2.24) is 15.1 Å². The van der Waals surface area contributed by atoms with E-state index in [0.29, 0.717) is 12.6 Å². The third-order valence-electron chi connectivity index (χ3n) is 5.55. The Kier molecular flexibility index (Phi) is 8.30. The largest absolute Gasteiger partial charge is 0.379 e. The lowest BCUT2D eigenvalue weighted by Crippen LogP contribution is -2.48. The van der Waals surface area contributed by atoms with E-state index < -0.39 is 0 Å². The van der Waals surface area contributed by atoms with E-state index in [1.165, 1.54) is 50.7 Å². The van der Waals surface area contributed by atoms with Gasteiger partial charge in [0.1, 0.15) is 5.82 Å². The fourth-order valence-electron chi connectivity index (χ4n) is 3.84. The van der Waals surface area contributed by atoms with Gasteiger partial charge in [-0.15, -0.1) is 0 Å². The van der Waals surface area contributed by atoms with Gasteiger partial charge in [-0.05, 0) is 42.8 Å². The van der Waals surface area contributed by atoms with Gasteiger partial charge in [-0.1, -0.05) is 37.8 Å². The maximum Gasteiger partial charge on any atom is 0.169 e. The molecule has 1 aromatic carbocycles. The molecular weight excluding hydrogens is 361 g/mol. The summed E-state index contributed by atoms with van der Waals surface area (Å²) in [4.78, 5) is 4.67. The molecule has 1 aromatic rings. The van der Waals surface area contributed by atoms with Gasteiger partial charge in [-0.25, -0.2) is 4.39 Å². The van der Waals surface area contributed by atoms with Gasteiger partial charge in [0.15, 0.2) is 5.11 Å². The molecule has 27 heavy (non-hydrogen) atoms. The highest BCUT2D eigenvalue weighted by molar-refractivity contribution is 7.80. The number of morpholine rings is 1. The number of rotatable bonds is 6. The normalized spacial score (nSPS) is 19.4. The lowest BCUT2D eigenvalue weighted by atomic mass is 10.1.